The van der Waals surface area contributed by atoms with Gasteiger partial charge in [-0.2, -0.15) is 13.2 Å². The number of ether oxygens (including phenoxy) is 1. The van der Waals surface area contributed by atoms with Gasteiger partial charge in [0.2, 0.25) is 10.0 Å². The van der Waals surface area contributed by atoms with E-state index in [0.717, 1.165) is 5.65 Å². The lowest BCUT2D eigenvalue weighted by atomic mass is 10.2. The molecule has 0 aliphatic heterocycles. The van der Waals surface area contributed by atoms with Crippen LogP contribution in [-0.4, -0.2) is 46.4 Å². The van der Waals surface area contributed by atoms with Crippen LogP contribution in [0.4, 0.5) is 13.2 Å². The lowest BCUT2D eigenvalue weighted by molar-refractivity contribution is -0.192. The van der Waals surface area contributed by atoms with Crippen molar-refractivity contribution in [3.8, 4) is 0 Å². The van der Waals surface area contributed by atoms with Crippen LogP contribution in [0, 0.1) is 0 Å². The minimum atomic E-state index is -5.08. The molecule has 2 rings (SSSR count). The van der Waals surface area contributed by atoms with Gasteiger partial charge >= 0.3 is 12.1 Å². The largest absolute Gasteiger partial charge is 0.490 e. The molecule has 3 N–H and O–H groups in total. The van der Waals surface area contributed by atoms with Crippen LogP contribution < -0.4 is 5.14 Å². The second-order valence-electron chi connectivity index (χ2n) is 5.83. The number of imidazole rings is 1. The summed E-state index contributed by atoms with van der Waals surface area (Å²) in [6, 6.07) is 5.59. The number of halogens is 3. The molecule has 27 heavy (non-hydrogen) atoms. The van der Waals surface area contributed by atoms with Crippen LogP contribution in [0.3, 0.4) is 0 Å². The van der Waals surface area contributed by atoms with E-state index in [1.165, 1.54) is 6.92 Å². The van der Waals surface area contributed by atoms with E-state index in [2.05, 4.69) is 4.98 Å². The second kappa shape index (κ2) is 8.67. The van der Waals surface area contributed by atoms with Crippen molar-refractivity contribution < 1.29 is 36.2 Å². The summed E-state index contributed by atoms with van der Waals surface area (Å²) >= 11 is 0. The first-order valence-electron chi connectivity index (χ1n) is 7.64. The Bertz CT molecular complexity index is 847. The van der Waals surface area contributed by atoms with E-state index in [1.807, 2.05) is 42.6 Å². The topological polar surface area (TPSA) is 124 Å². The molecule has 12 heteroatoms. The third kappa shape index (κ3) is 6.81. The van der Waals surface area contributed by atoms with E-state index in [1.54, 1.807) is 6.20 Å². The van der Waals surface area contributed by atoms with Gasteiger partial charge in [-0.25, -0.2) is 23.3 Å². The number of carboxylic acids is 1. The molecule has 2 atom stereocenters. The fraction of sp³-hybridized carbons (Fsp3) is 0.467. The predicted molar refractivity (Wildman–Crippen MR) is 90.4 cm³/mol. The first kappa shape index (κ1) is 22.9. The molecule has 152 valence electrons. The van der Waals surface area contributed by atoms with E-state index < -0.39 is 33.5 Å². The number of pyridine rings is 1. The molecule has 0 aliphatic carbocycles. The van der Waals surface area contributed by atoms with E-state index in [4.69, 9.17) is 19.8 Å². The normalized spacial score (nSPS) is 14.5. The molecule has 0 amide bonds. The van der Waals surface area contributed by atoms with E-state index >= 15 is 0 Å². The Morgan fingerprint density at radius 2 is 1.85 bits per heavy atom. The van der Waals surface area contributed by atoms with Crippen LogP contribution in [0.2, 0.25) is 0 Å². The molecule has 0 unspecified atom stereocenters. The maximum Gasteiger partial charge on any atom is 0.490 e. The zero-order valence-electron chi connectivity index (χ0n) is 14.7. The number of nitrogens with zero attached hydrogens (tertiary/aromatic N) is 2. The highest BCUT2D eigenvalue weighted by Gasteiger charge is 2.38. The number of nitrogens with two attached hydrogens (primary N) is 1. The number of hydrogen-bond acceptors (Lipinski definition) is 5. The van der Waals surface area contributed by atoms with Crippen LogP contribution in [0.1, 0.15) is 32.6 Å². The quantitative estimate of drug-likeness (QED) is 0.777. The van der Waals surface area contributed by atoms with E-state index in [0.29, 0.717) is 5.69 Å². The number of sulfonamides is 1. The van der Waals surface area contributed by atoms with Gasteiger partial charge in [0.05, 0.1) is 11.8 Å². The van der Waals surface area contributed by atoms with Gasteiger partial charge in [-0.1, -0.05) is 6.07 Å². The number of hydrogen-bond donors (Lipinski definition) is 2. The molecule has 0 aliphatic rings. The number of fused-ring (bicyclic) bond motifs is 1. The van der Waals surface area contributed by atoms with Crippen LogP contribution in [-0.2, 0) is 19.6 Å². The Labute approximate surface area is 153 Å². The summed E-state index contributed by atoms with van der Waals surface area (Å²) in [5, 5.41) is 11.5. The highest BCUT2D eigenvalue weighted by molar-refractivity contribution is 7.89. The van der Waals surface area contributed by atoms with Gasteiger partial charge in [0.25, 0.3) is 0 Å². The monoisotopic (exact) mass is 411 g/mol. The highest BCUT2D eigenvalue weighted by Crippen LogP contribution is 2.26. The SMILES string of the molecule is CC(C)O[C@@H](c1cn2ccccc2n1)[C@H](C)S(N)(=O)=O.O=C(O)C(F)(F)F. The molecule has 0 saturated heterocycles. The summed E-state index contributed by atoms with van der Waals surface area (Å²) in [7, 11) is -3.71. The Balaban J connectivity index is 0.000000445. The Morgan fingerprint density at radius 3 is 2.26 bits per heavy atom. The summed E-state index contributed by atoms with van der Waals surface area (Å²) in [4.78, 5) is 13.3. The molecule has 2 aromatic heterocycles. The van der Waals surface area contributed by atoms with Gasteiger partial charge < -0.3 is 14.2 Å². The lowest BCUT2D eigenvalue weighted by Crippen LogP contribution is -2.34. The number of carbonyl (C=O) groups is 1. The number of carboxylic acid groups (broad SMARTS) is 1. The standard InChI is InChI=1S/C13H19N3O3S.C2HF3O2/c1-9(2)19-13(10(3)20(14,17)18)11-8-16-7-5-4-6-12(16)15-11;3-2(4,5)1(6)7/h4-10,13H,1-3H3,(H2,14,17,18);(H,6,7)/t10-,13+;/m0./s1. The average Bonchev–Trinajstić information content (AvgIpc) is 2.94. The minimum Gasteiger partial charge on any atom is -0.475 e. The maximum absolute atomic E-state index is 11.6. The zero-order valence-corrected chi connectivity index (χ0v) is 15.5. The first-order valence-corrected chi connectivity index (χ1v) is 9.25. The van der Waals surface area contributed by atoms with Crippen molar-refractivity contribution in [1.29, 1.82) is 0 Å². The maximum atomic E-state index is 11.6. The molecule has 0 spiro atoms. The molecule has 0 radical (unpaired) electrons. The number of rotatable bonds is 5. The summed E-state index contributed by atoms with van der Waals surface area (Å²) in [5.74, 6) is -2.76. The average molecular weight is 411 g/mol. The van der Waals surface area contributed by atoms with Gasteiger partial charge in [0.15, 0.2) is 0 Å². The Kier molecular flexibility index (Phi) is 7.34. The molecular weight excluding hydrogens is 391 g/mol. The molecule has 0 aromatic carbocycles. The molecule has 8 nitrogen and oxygen atoms in total. The molecular formula is C15H20F3N3O5S. The molecule has 2 aromatic rings. The van der Waals surface area contributed by atoms with Gasteiger partial charge in [0, 0.05) is 12.4 Å². The number of aromatic nitrogens is 2. The van der Waals surface area contributed by atoms with E-state index in [-0.39, 0.29) is 6.10 Å². The minimum absolute atomic E-state index is 0.131. The Morgan fingerprint density at radius 1 is 1.30 bits per heavy atom. The van der Waals surface area contributed by atoms with Gasteiger partial charge in [-0.05, 0) is 32.9 Å². The van der Waals surface area contributed by atoms with Crippen molar-refractivity contribution in [2.75, 3.05) is 0 Å². The molecule has 0 saturated carbocycles. The van der Waals surface area contributed by atoms with Gasteiger partial charge in [0.1, 0.15) is 17.0 Å². The van der Waals surface area contributed by atoms with Crippen molar-refractivity contribution in [2.24, 2.45) is 5.14 Å². The van der Waals surface area contributed by atoms with Crippen LogP contribution in [0.15, 0.2) is 30.6 Å². The summed E-state index contributed by atoms with van der Waals surface area (Å²) in [6.45, 7) is 5.23. The summed E-state index contributed by atoms with van der Waals surface area (Å²) in [6.07, 6.45) is -2.29. The van der Waals surface area contributed by atoms with Crippen molar-refractivity contribution in [3.05, 3.63) is 36.3 Å². The predicted octanol–water partition coefficient (Wildman–Crippen LogP) is 2.11. The van der Waals surface area contributed by atoms with Crippen molar-refractivity contribution in [3.63, 3.8) is 0 Å². The number of primary sulfonamides is 1. The van der Waals surface area contributed by atoms with Crippen molar-refractivity contribution >= 4 is 21.6 Å². The van der Waals surface area contributed by atoms with Crippen LogP contribution in [0.5, 0.6) is 0 Å². The number of alkyl halides is 3. The third-order valence-electron chi connectivity index (χ3n) is 3.28. The summed E-state index contributed by atoms with van der Waals surface area (Å²) < 4.78 is 62.5. The van der Waals surface area contributed by atoms with Crippen LogP contribution >= 0.6 is 0 Å². The fourth-order valence-electron chi connectivity index (χ4n) is 1.98. The molecule has 2 heterocycles. The van der Waals surface area contributed by atoms with Crippen molar-refractivity contribution in [1.82, 2.24) is 9.38 Å². The lowest BCUT2D eigenvalue weighted by Gasteiger charge is -2.23. The van der Waals surface area contributed by atoms with Gasteiger partial charge in [-0.15, -0.1) is 0 Å². The zero-order chi connectivity index (χ0) is 21.0. The third-order valence-corrected chi connectivity index (χ3v) is 4.56. The summed E-state index contributed by atoms with van der Waals surface area (Å²) in [5.41, 5.74) is 1.30. The fourth-order valence-corrected chi connectivity index (χ4v) is 2.53. The van der Waals surface area contributed by atoms with Crippen molar-refractivity contribution in [2.45, 2.75) is 44.4 Å². The highest BCUT2D eigenvalue weighted by atomic mass is 32.2. The van der Waals surface area contributed by atoms with Crippen LogP contribution in [0.25, 0.3) is 5.65 Å². The number of aliphatic carboxylic acids is 1. The second-order valence-corrected chi connectivity index (χ2v) is 7.76. The first-order chi connectivity index (χ1) is 12.2. The molecule has 0 fully saturated rings. The molecule has 0 bridgehead atoms. The smallest absolute Gasteiger partial charge is 0.475 e. The Hall–Kier alpha value is -2.18. The van der Waals surface area contributed by atoms with E-state index in [9.17, 15) is 21.6 Å². The van der Waals surface area contributed by atoms with Gasteiger partial charge in [-0.3, -0.25) is 0 Å².